The standard InChI is InChI=1S/C30H35Cl2N3O4S/c1-20(2)33-30(37)28(17-23-9-7-6-8-10-23)34(18-24-12-14-26(31)27(32)16-24)29(36)19-35(40(5,38)39)25-13-11-21(3)22(4)15-25/h6-16,20,28H,17-19H2,1-5H3,(H,33,37). The lowest BCUT2D eigenvalue weighted by molar-refractivity contribution is -0.140. The van der Waals surface area contributed by atoms with Crippen LogP contribution in [0.4, 0.5) is 5.69 Å². The van der Waals surface area contributed by atoms with Crippen LogP contribution in [0.25, 0.3) is 0 Å². The topological polar surface area (TPSA) is 86.8 Å². The van der Waals surface area contributed by atoms with Gasteiger partial charge >= 0.3 is 0 Å². The summed E-state index contributed by atoms with van der Waals surface area (Å²) in [5.74, 6) is -0.876. The number of carbonyl (C=O) groups excluding carboxylic acids is 2. The second-order valence-corrected chi connectivity index (χ2v) is 12.9. The maximum absolute atomic E-state index is 14.1. The van der Waals surface area contributed by atoms with E-state index >= 15 is 0 Å². The van der Waals surface area contributed by atoms with E-state index in [9.17, 15) is 18.0 Å². The van der Waals surface area contributed by atoms with E-state index in [0.717, 1.165) is 27.3 Å². The van der Waals surface area contributed by atoms with Gasteiger partial charge in [-0.05, 0) is 74.2 Å². The molecule has 40 heavy (non-hydrogen) atoms. The molecule has 0 aliphatic heterocycles. The van der Waals surface area contributed by atoms with Gasteiger partial charge in [0.15, 0.2) is 0 Å². The lowest BCUT2D eigenvalue weighted by atomic mass is 10.0. The fourth-order valence-corrected chi connectivity index (χ4v) is 5.43. The number of nitrogens with one attached hydrogen (secondary N) is 1. The van der Waals surface area contributed by atoms with Gasteiger partial charge in [0.1, 0.15) is 12.6 Å². The van der Waals surface area contributed by atoms with Crippen LogP contribution in [0.1, 0.15) is 36.1 Å². The Labute approximate surface area is 247 Å². The van der Waals surface area contributed by atoms with E-state index in [1.807, 2.05) is 64.1 Å². The number of anilines is 1. The first kappa shape index (κ1) is 31.5. The summed E-state index contributed by atoms with van der Waals surface area (Å²) in [6.07, 6.45) is 1.29. The average Bonchev–Trinajstić information content (AvgIpc) is 2.88. The molecule has 7 nitrogen and oxygen atoms in total. The smallest absolute Gasteiger partial charge is 0.244 e. The molecule has 3 rings (SSSR count). The minimum Gasteiger partial charge on any atom is -0.352 e. The van der Waals surface area contributed by atoms with Crippen molar-refractivity contribution in [3.63, 3.8) is 0 Å². The molecule has 0 aliphatic rings. The van der Waals surface area contributed by atoms with Crippen LogP contribution >= 0.6 is 23.2 Å². The molecule has 214 valence electrons. The van der Waals surface area contributed by atoms with Crippen molar-refractivity contribution < 1.29 is 18.0 Å². The van der Waals surface area contributed by atoms with E-state index in [0.29, 0.717) is 21.3 Å². The molecule has 3 aromatic rings. The molecule has 1 atom stereocenters. The van der Waals surface area contributed by atoms with Crippen LogP contribution < -0.4 is 9.62 Å². The van der Waals surface area contributed by atoms with Crippen molar-refractivity contribution in [2.45, 2.75) is 52.7 Å². The molecule has 0 saturated carbocycles. The number of benzene rings is 3. The number of hydrogen-bond acceptors (Lipinski definition) is 4. The fourth-order valence-electron chi connectivity index (χ4n) is 4.26. The highest BCUT2D eigenvalue weighted by Crippen LogP contribution is 2.26. The van der Waals surface area contributed by atoms with Crippen LogP contribution in [-0.2, 0) is 32.6 Å². The Balaban J connectivity index is 2.08. The van der Waals surface area contributed by atoms with E-state index < -0.39 is 28.5 Å². The molecule has 3 aromatic carbocycles. The van der Waals surface area contributed by atoms with Gasteiger partial charge in [0, 0.05) is 19.0 Å². The minimum absolute atomic E-state index is 0.0171. The quantitative estimate of drug-likeness (QED) is 0.312. The van der Waals surface area contributed by atoms with Crippen molar-refractivity contribution in [3.8, 4) is 0 Å². The molecule has 0 saturated heterocycles. The highest BCUT2D eigenvalue weighted by Gasteiger charge is 2.33. The van der Waals surface area contributed by atoms with Gasteiger partial charge in [-0.3, -0.25) is 13.9 Å². The molecule has 0 radical (unpaired) electrons. The Hall–Kier alpha value is -3.07. The molecule has 0 aliphatic carbocycles. The molecule has 10 heteroatoms. The van der Waals surface area contributed by atoms with Crippen molar-refractivity contribution in [2.24, 2.45) is 0 Å². The fraction of sp³-hybridized carbons (Fsp3) is 0.333. The van der Waals surface area contributed by atoms with Crippen LogP contribution in [0, 0.1) is 13.8 Å². The zero-order chi connectivity index (χ0) is 29.6. The van der Waals surface area contributed by atoms with Crippen LogP contribution in [0.5, 0.6) is 0 Å². The van der Waals surface area contributed by atoms with Crippen molar-refractivity contribution in [1.29, 1.82) is 0 Å². The molecule has 0 heterocycles. The summed E-state index contributed by atoms with van der Waals surface area (Å²) in [6, 6.07) is 18.5. The highest BCUT2D eigenvalue weighted by molar-refractivity contribution is 7.92. The van der Waals surface area contributed by atoms with Gasteiger partial charge in [-0.1, -0.05) is 65.7 Å². The first-order valence-corrected chi connectivity index (χ1v) is 15.5. The average molecular weight is 605 g/mol. The Kier molecular flexibility index (Phi) is 10.6. The molecule has 0 bridgehead atoms. The number of nitrogens with zero attached hydrogens (tertiary/aromatic N) is 2. The predicted octanol–water partition coefficient (Wildman–Crippen LogP) is 5.54. The van der Waals surface area contributed by atoms with Crippen LogP contribution in [0.15, 0.2) is 66.7 Å². The van der Waals surface area contributed by atoms with Gasteiger partial charge in [-0.2, -0.15) is 0 Å². The summed E-state index contributed by atoms with van der Waals surface area (Å²) in [6.45, 7) is 7.02. The number of rotatable bonds is 11. The summed E-state index contributed by atoms with van der Waals surface area (Å²) < 4.78 is 26.9. The van der Waals surface area contributed by atoms with Crippen molar-refractivity contribution >= 4 is 50.7 Å². The second-order valence-electron chi connectivity index (χ2n) is 10.2. The molecule has 0 spiro atoms. The molecule has 1 N–H and O–H groups in total. The number of carbonyl (C=O) groups is 2. The molecule has 0 aromatic heterocycles. The zero-order valence-electron chi connectivity index (χ0n) is 23.3. The van der Waals surface area contributed by atoms with Gasteiger partial charge in [-0.15, -0.1) is 0 Å². The Bertz CT molecular complexity index is 1460. The van der Waals surface area contributed by atoms with Crippen molar-refractivity contribution in [3.05, 3.63) is 99.0 Å². The van der Waals surface area contributed by atoms with Crippen LogP contribution in [0.3, 0.4) is 0 Å². The maximum Gasteiger partial charge on any atom is 0.244 e. The molecule has 0 fully saturated rings. The summed E-state index contributed by atoms with van der Waals surface area (Å²) >= 11 is 12.4. The largest absolute Gasteiger partial charge is 0.352 e. The van der Waals surface area contributed by atoms with Crippen molar-refractivity contribution in [1.82, 2.24) is 10.2 Å². The highest BCUT2D eigenvalue weighted by atomic mass is 35.5. The molecule has 1 unspecified atom stereocenters. The number of sulfonamides is 1. The second kappa shape index (κ2) is 13.5. The first-order valence-electron chi connectivity index (χ1n) is 12.9. The lowest BCUT2D eigenvalue weighted by Crippen LogP contribution is -2.54. The summed E-state index contributed by atoms with van der Waals surface area (Å²) in [5.41, 5.74) is 3.77. The third-order valence-electron chi connectivity index (χ3n) is 6.50. The van der Waals surface area contributed by atoms with Gasteiger partial charge in [0.05, 0.1) is 22.0 Å². The third kappa shape index (κ3) is 8.46. The minimum atomic E-state index is -3.84. The van der Waals surface area contributed by atoms with E-state index in [4.69, 9.17) is 23.2 Å². The summed E-state index contributed by atoms with van der Waals surface area (Å²) in [5, 5.41) is 3.59. The summed E-state index contributed by atoms with van der Waals surface area (Å²) in [4.78, 5) is 29.1. The monoisotopic (exact) mass is 603 g/mol. The normalized spacial score (nSPS) is 12.2. The Morgan fingerprint density at radius 2 is 1.55 bits per heavy atom. The van der Waals surface area contributed by atoms with Gasteiger partial charge in [0.25, 0.3) is 0 Å². The van der Waals surface area contributed by atoms with E-state index in [2.05, 4.69) is 5.32 Å². The van der Waals surface area contributed by atoms with Crippen molar-refractivity contribution in [2.75, 3.05) is 17.1 Å². The van der Waals surface area contributed by atoms with E-state index in [1.54, 1.807) is 30.3 Å². The number of amides is 2. The molecular weight excluding hydrogens is 569 g/mol. The number of aryl methyl sites for hydroxylation is 2. The van der Waals surface area contributed by atoms with Gasteiger partial charge in [0.2, 0.25) is 21.8 Å². The van der Waals surface area contributed by atoms with Crippen LogP contribution in [0.2, 0.25) is 10.0 Å². The van der Waals surface area contributed by atoms with Gasteiger partial charge in [-0.25, -0.2) is 8.42 Å². The Morgan fingerprint density at radius 3 is 2.12 bits per heavy atom. The molecule has 2 amide bonds. The Morgan fingerprint density at radius 1 is 0.875 bits per heavy atom. The lowest BCUT2D eigenvalue weighted by Gasteiger charge is -2.34. The third-order valence-corrected chi connectivity index (χ3v) is 8.38. The van der Waals surface area contributed by atoms with Gasteiger partial charge < -0.3 is 10.2 Å². The maximum atomic E-state index is 14.1. The molecular formula is C30H35Cl2N3O4S. The first-order chi connectivity index (χ1) is 18.8. The number of hydrogen-bond donors (Lipinski definition) is 1. The zero-order valence-corrected chi connectivity index (χ0v) is 25.6. The SMILES string of the molecule is Cc1ccc(N(CC(=O)N(Cc2ccc(Cl)c(Cl)c2)C(Cc2ccccc2)C(=O)NC(C)C)S(C)(=O)=O)cc1C. The number of halogens is 2. The van der Waals surface area contributed by atoms with E-state index in [1.165, 1.54) is 4.90 Å². The van der Waals surface area contributed by atoms with Crippen LogP contribution in [-0.4, -0.2) is 50.0 Å². The summed E-state index contributed by atoms with van der Waals surface area (Å²) in [7, 11) is -3.84. The van der Waals surface area contributed by atoms with E-state index in [-0.39, 0.29) is 24.9 Å². The predicted molar refractivity (Wildman–Crippen MR) is 162 cm³/mol.